The third-order valence-corrected chi connectivity index (χ3v) is 3.18. The third-order valence-electron chi connectivity index (χ3n) is 2.86. The van der Waals surface area contributed by atoms with Crippen molar-refractivity contribution in [3.05, 3.63) is 74.3 Å². The van der Waals surface area contributed by atoms with Gasteiger partial charge in [0.25, 0.3) is 17.5 Å². The molecule has 0 spiro atoms. The van der Waals surface area contributed by atoms with E-state index in [0.29, 0.717) is 12.1 Å². The molecule has 0 unspecified atom stereocenters. The maximum Gasteiger partial charge on any atom is 0.271 e. The zero-order chi connectivity index (χ0) is 17.9. The van der Waals surface area contributed by atoms with E-state index in [0.717, 1.165) is 6.07 Å². The van der Waals surface area contributed by atoms with Gasteiger partial charge in [0.05, 0.1) is 15.5 Å². The number of nitro benzene ring substituents is 1. The van der Waals surface area contributed by atoms with Crippen LogP contribution in [0.2, 0.25) is 5.02 Å². The predicted octanol–water partition coefficient (Wildman–Crippen LogP) is 2.60. The maximum atomic E-state index is 13.1. The van der Waals surface area contributed by atoms with Crippen LogP contribution in [0.15, 0.2) is 36.4 Å². The summed E-state index contributed by atoms with van der Waals surface area (Å²) >= 11 is 5.63. The van der Waals surface area contributed by atoms with Crippen LogP contribution in [-0.4, -0.2) is 16.7 Å². The molecule has 0 aliphatic carbocycles. The Morgan fingerprint density at radius 1 is 1.04 bits per heavy atom. The van der Waals surface area contributed by atoms with Crippen molar-refractivity contribution in [2.45, 2.75) is 0 Å². The molecule has 0 aliphatic rings. The number of carbonyl (C=O) groups excluding carboxylic acids is 2. The fraction of sp³-hybridized carbons (Fsp3) is 0. The van der Waals surface area contributed by atoms with Crippen LogP contribution in [0.3, 0.4) is 0 Å². The summed E-state index contributed by atoms with van der Waals surface area (Å²) in [5, 5.41) is 10.3. The summed E-state index contributed by atoms with van der Waals surface area (Å²) in [5.41, 5.74) is 3.16. The van der Waals surface area contributed by atoms with E-state index < -0.39 is 33.9 Å². The molecule has 0 aromatic heterocycles. The van der Waals surface area contributed by atoms with Gasteiger partial charge in [-0.05, 0) is 18.2 Å². The van der Waals surface area contributed by atoms with Crippen LogP contribution in [0.4, 0.5) is 14.5 Å². The van der Waals surface area contributed by atoms with E-state index in [4.69, 9.17) is 11.6 Å². The van der Waals surface area contributed by atoms with Crippen LogP contribution in [0, 0.1) is 21.7 Å². The highest BCUT2D eigenvalue weighted by atomic mass is 35.5. The Balaban J connectivity index is 2.09. The molecule has 2 aromatic carbocycles. The van der Waals surface area contributed by atoms with E-state index in [9.17, 15) is 28.5 Å². The van der Waals surface area contributed by atoms with Crippen LogP contribution < -0.4 is 10.9 Å². The highest BCUT2D eigenvalue weighted by Crippen LogP contribution is 2.19. The first-order valence-corrected chi connectivity index (χ1v) is 6.67. The van der Waals surface area contributed by atoms with Crippen LogP contribution in [0.25, 0.3) is 0 Å². The van der Waals surface area contributed by atoms with Crippen molar-refractivity contribution in [3.63, 3.8) is 0 Å². The topological polar surface area (TPSA) is 101 Å². The normalized spacial score (nSPS) is 10.1. The number of amides is 2. The number of rotatable bonds is 3. The van der Waals surface area contributed by atoms with Gasteiger partial charge < -0.3 is 0 Å². The molecule has 0 bridgehead atoms. The molecule has 2 amide bonds. The van der Waals surface area contributed by atoms with E-state index in [1.54, 1.807) is 0 Å². The second-order valence-corrected chi connectivity index (χ2v) is 4.87. The first-order valence-electron chi connectivity index (χ1n) is 6.29. The van der Waals surface area contributed by atoms with Crippen molar-refractivity contribution >= 4 is 29.1 Å². The maximum absolute atomic E-state index is 13.1. The molecule has 2 aromatic rings. The zero-order valence-corrected chi connectivity index (χ0v) is 12.4. The fourth-order valence-electron chi connectivity index (χ4n) is 1.71. The van der Waals surface area contributed by atoms with Crippen molar-refractivity contribution < 1.29 is 23.3 Å². The summed E-state index contributed by atoms with van der Waals surface area (Å²) in [4.78, 5) is 33.6. The standard InChI is InChI=1S/C14H8ClF2N3O4/c15-10-6-12(17)11(16)5-9(10)14(22)19-18-13(21)7-2-1-3-8(4-7)20(23)24/h1-6H,(H,18,21)(H,19,22). The molecular formula is C14H8ClF2N3O4. The number of hydrogen-bond acceptors (Lipinski definition) is 4. The minimum Gasteiger partial charge on any atom is -0.267 e. The van der Waals surface area contributed by atoms with E-state index >= 15 is 0 Å². The molecule has 0 saturated carbocycles. The van der Waals surface area contributed by atoms with Crippen molar-refractivity contribution in [2.75, 3.05) is 0 Å². The second-order valence-electron chi connectivity index (χ2n) is 4.46. The molecular weight excluding hydrogens is 348 g/mol. The monoisotopic (exact) mass is 355 g/mol. The Kier molecular flexibility index (Phi) is 5.05. The van der Waals surface area contributed by atoms with Gasteiger partial charge in [-0.15, -0.1) is 0 Å². The van der Waals surface area contributed by atoms with Crippen molar-refractivity contribution in [2.24, 2.45) is 0 Å². The number of benzene rings is 2. The van der Waals surface area contributed by atoms with Crippen LogP contribution >= 0.6 is 11.6 Å². The van der Waals surface area contributed by atoms with Gasteiger partial charge >= 0.3 is 0 Å². The number of carbonyl (C=O) groups is 2. The summed E-state index contributed by atoms with van der Waals surface area (Å²) in [5.74, 6) is -4.34. The highest BCUT2D eigenvalue weighted by molar-refractivity contribution is 6.33. The SMILES string of the molecule is O=C(NNC(=O)c1cc(F)c(F)cc1Cl)c1cccc([N+](=O)[O-])c1. The van der Waals surface area contributed by atoms with Crippen LogP contribution in [0.5, 0.6) is 0 Å². The van der Waals surface area contributed by atoms with Gasteiger partial charge in [-0.1, -0.05) is 17.7 Å². The molecule has 124 valence electrons. The average Bonchev–Trinajstić information content (AvgIpc) is 2.55. The Morgan fingerprint density at radius 2 is 1.67 bits per heavy atom. The highest BCUT2D eigenvalue weighted by Gasteiger charge is 2.17. The van der Waals surface area contributed by atoms with Gasteiger partial charge in [0.1, 0.15) is 0 Å². The lowest BCUT2D eigenvalue weighted by Gasteiger charge is -2.09. The van der Waals surface area contributed by atoms with E-state index in [2.05, 4.69) is 0 Å². The van der Waals surface area contributed by atoms with Crippen molar-refractivity contribution in [3.8, 4) is 0 Å². The molecule has 7 nitrogen and oxygen atoms in total. The Morgan fingerprint density at radius 3 is 2.33 bits per heavy atom. The van der Waals surface area contributed by atoms with E-state index in [-0.39, 0.29) is 16.3 Å². The average molecular weight is 356 g/mol. The summed E-state index contributed by atoms with van der Waals surface area (Å²) in [6.07, 6.45) is 0. The molecule has 10 heteroatoms. The van der Waals surface area contributed by atoms with Crippen LogP contribution in [-0.2, 0) is 0 Å². The number of non-ortho nitro benzene ring substituents is 1. The molecule has 0 atom stereocenters. The summed E-state index contributed by atoms with van der Waals surface area (Å²) in [6.45, 7) is 0. The molecule has 0 aliphatic heterocycles. The largest absolute Gasteiger partial charge is 0.271 e. The number of hydrogen-bond donors (Lipinski definition) is 2. The van der Waals surface area contributed by atoms with Gasteiger partial charge in [0.15, 0.2) is 11.6 Å². The minimum atomic E-state index is -1.28. The Hall–Kier alpha value is -3.07. The molecule has 0 radical (unpaired) electrons. The Labute approximate surface area is 138 Å². The molecule has 0 saturated heterocycles. The summed E-state index contributed by atoms with van der Waals surface area (Å²) < 4.78 is 26.1. The smallest absolute Gasteiger partial charge is 0.267 e. The number of hydrazine groups is 1. The van der Waals surface area contributed by atoms with Crippen molar-refractivity contribution in [1.82, 2.24) is 10.9 Å². The predicted molar refractivity (Wildman–Crippen MR) is 79.4 cm³/mol. The lowest BCUT2D eigenvalue weighted by Crippen LogP contribution is -2.41. The molecule has 2 rings (SSSR count). The summed E-state index contributed by atoms with van der Waals surface area (Å²) in [7, 11) is 0. The molecule has 2 N–H and O–H groups in total. The van der Waals surface area contributed by atoms with Crippen LogP contribution in [0.1, 0.15) is 20.7 Å². The fourth-order valence-corrected chi connectivity index (χ4v) is 1.95. The molecule has 0 heterocycles. The lowest BCUT2D eigenvalue weighted by atomic mass is 10.2. The number of nitro groups is 1. The zero-order valence-electron chi connectivity index (χ0n) is 11.7. The van der Waals surface area contributed by atoms with Gasteiger partial charge in [-0.2, -0.15) is 0 Å². The quantitative estimate of drug-likeness (QED) is 0.502. The van der Waals surface area contributed by atoms with Crippen molar-refractivity contribution in [1.29, 1.82) is 0 Å². The molecule has 0 fully saturated rings. The molecule has 24 heavy (non-hydrogen) atoms. The Bertz CT molecular complexity index is 845. The summed E-state index contributed by atoms with van der Waals surface area (Å²) in [6, 6.07) is 5.98. The third kappa shape index (κ3) is 3.82. The lowest BCUT2D eigenvalue weighted by molar-refractivity contribution is -0.384. The number of nitrogens with zero attached hydrogens (tertiary/aromatic N) is 1. The first-order chi connectivity index (χ1) is 11.3. The number of halogens is 3. The van der Waals surface area contributed by atoms with Gasteiger partial charge in [0, 0.05) is 17.7 Å². The first kappa shape index (κ1) is 17.3. The van der Waals surface area contributed by atoms with Gasteiger partial charge in [0.2, 0.25) is 0 Å². The van der Waals surface area contributed by atoms with Gasteiger partial charge in [-0.25, -0.2) is 8.78 Å². The van der Waals surface area contributed by atoms with Gasteiger partial charge in [-0.3, -0.25) is 30.6 Å². The van der Waals surface area contributed by atoms with E-state index in [1.807, 2.05) is 10.9 Å². The number of nitrogens with one attached hydrogen (secondary N) is 2. The minimum absolute atomic E-state index is 0.0825. The van der Waals surface area contributed by atoms with E-state index in [1.165, 1.54) is 18.2 Å². The second kappa shape index (κ2) is 7.01.